The van der Waals surface area contributed by atoms with Gasteiger partial charge in [-0.05, 0) is 30.7 Å². The molecule has 0 radical (unpaired) electrons. The van der Waals surface area contributed by atoms with Crippen molar-refractivity contribution in [1.82, 2.24) is 24.9 Å². The number of nitrogens with zero attached hydrogens (tertiary/aromatic N) is 5. The van der Waals surface area contributed by atoms with E-state index in [0.29, 0.717) is 35.1 Å². The smallest absolute Gasteiger partial charge is 0.342 e. The van der Waals surface area contributed by atoms with E-state index in [-0.39, 0.29) is 12.5 Å². The van der Waals surface area contributed by atoms with Gasteiger partial charge in [0.15, 0.2) is 12.4 Å². The lowest BCUT2D eigenvalue weighted by Gasteiger charge is -2.06. The predicted octanol–water partition coefficient (Wildman–Crippen LogP) is 3.25. The number of carbonyl (C=O) groups excluding carboxylic acids is 1. The predicted molar refractivity (Wildman–Crippen MR) is 106 cm³/mol. The zero-order chi connectivity index (χ0) is 20.9. The van der Waals surface area contributed by atoms with E-state index in [2.05, 4.69) is 20.2 Å². The van der Waals surface area contributed by atoms with Crippen LogP contribution in [0.15, 0.2) is 59.4 Å². The highest BCUT2D eigenvalue weighted by Gasteiger charge is 2.20. The van der Waals surface area contributed by atoms with E-state index in [1.54, 1.807) is 24.1 Å². The van der Waals surface area contributed by atoms with Crippen LogP contribution < -0.4 is 4.74 Å². The number of ether oxygens (including phenoxy) is 2. The highest BCUT2D eigenvalue weighted by molar-refractivity contribution is 5.90. The molecule has 0 spiro atoms. The van der Waals surface area contributed by atoms with Crippen LogP contribution in [0.5, 0.6) is 5.75 Å². The first kappa shape index (κ1) is 19.3. The van der Waals surface area contributed by atoms with Crippen LogP contribution in [0.25, 0.3) is 17.2 Å². The summed E-state index contributed by atoms with van der Waals surface area (Å²) in [5.74, 6) is 1.37. The summed E-state index contributed by atoms with van der Waals surface area (Å²) < 4.78 is 17.4. The van der Waals surface area contributed by atoms with Crippen LogP contribution >= 0.6 is 0 Å². The molecule has 0 aliphatic rings. The van der Waals surface area contributed by atoms with Crippen molar-refractivity contribution in [1.29, 1.82) is 0 Å². The molecule has 0 amide bonds. The third kappa shape index (κ3) is 3.90. The Morgan fingerprint density at radius 3 is 2.87 bits per heavy atom. The molecule has 0 bridgehead atoms. The second kappa shape index (κ2) is 8.56. The van der Waals surface area contributed by atoms with Crippen LogP contribution in [0, 0.1) is 0 Å². The first-order valence-electron chi connectivity index (χ1n) is 9.32. The Morgan fingerprint density at radius 2 is 2.10 bits per heavy atom. The van der Waals surface area contributed by atoms with Gasteiger partial charge in [0.05, 0.1) is 19.0 Å². The summed E-state index contributed by atoms with van der Waals surface area (Å²) in [6, 6.07) is 12.8. The van der Waals surface area contributed by atoms with Gasteiger partial charge in [0, 0.05) is 11.8 Å². The van der Waals surface area contributed by atoms with Gasteiger partial charge in [-0.15, -0.1) is 0 Å². The molecule has 1 aromatic carbocycles. The molecule has 9 heteroatoms. The van der Waals surface area contributed by atoms with Gasteiger partial charge in [0.1, 0.15) is 11.3 Å². The van der Waals surface area contributed by atoms with Crippen molar-refractivity contribution in [2.45, 2.75) is 20.0 Å². The zero-order valence-corrected chi connectivity index (χ0v) is 16.5. The van der Waals surface area contributed by atoms with Crippen molar-refractivity contribution in [2.24, 2.45) is 0 Å². The van der Waals surface area contributed by atoms with Crippen molar-refractivity contribution < 1.29 is 18.8 Å². The summed E-state index contributed by atoms with van der Waals surface area (Å²) in [4.78, 5) is 21.1. The number of aromatic nitrogens is 5. The monoisotopic (exact) mass is 405 g/mol. The number of rotatable bonds is 7. The summed E-state index contributed by atoms with van der Waals surface area (Å²) in [6.45, 7) is 1.79. The zero-order valence-electron chi connectivity index (χ0n) is 16.5. The van der Waals surface area contributed by atoms with Crippen molar-refractivity contribution in [2.75, 3.05) is 7.11 Å². The van der Waals surface area contributed by atoms with E-state index in [9.17, 15) is 4.79 Å². The normalized spacial score (nSPS) is 10.7. The van der Waals surface area contributed by atoms with Gasteiger partial charge < -0.3 is 14.0 Å². The lowest BCUT2D eigenvalue weighted by Crippen LogP contribution is -2.10. The first-order chi connectivity index (χ1) is 14.7. The highest BCUT2D eigenvalue weighted by Crippen LogP contribution is 2.22. The number of hydrogen-bond acceptors (Lipinski definition) is 8. The summed E-state index contributed by atoms with van der Waals surface area (Å²) in [5.41, 5.74) is 1.82. The maximum absolute atomic E-state index is 12.6. The Morgan fingerprint density at radius 1 is 1.20 bits per heavy atom. The van der Waals surface area contributed by atoms with Gasteiger partial charge in [-0.1, -0.05) is 30.3 Å². The molecule has 30 heavy (non-hydrogen) atoms. The van der Waals surface area contributed by atoms with Crippen molar-refractivity contribution in [3.8, 4) is 23.0 Å². The van der Waals surface area contributed by atoms with Crippen LogP contribution in [0.4, 0.5) is 0 Å². The molecular weight excluding hydrogens is 386 g/mol. The SMILES string of the molecule is CCc1c(C(=O)OCc2nc(-c3cccc(OC)c3)no2)cnn1-c1ccccn1. The lowest BCUT2D eigenvalue weighted by molar-refractivity contribution is 0.0428. The summed E-state index contributed by atoms with van der Waals surface area (Å²) in [5, 5.41) is 8.22. The average Bonchev–Trinajstić information content (AvgIpc) is 3.45. The Balaban J connectivity index is 1.47. The Hall–Kier alpha value is -4.01. The molecule has 0 fully saturated rings. The van der Waals surface area contributed by atoms with Gasteiger partial charge in [-0.2, -0.15) is 10.1 Å². The van der Waals surface area contributed by atoms with Crippen molar-refractivity contribution in [3.63, 3.8) is 0 Å². The van der Waals surface area contributed by atoms with E-state index < -0.39 is 5.97 Å². The molecule has 9 nitrogen and oxygen atoms in total. The van der Waals surface area contributed by atoms with E-state index >= 15 is 0 Å². The molecule has 4 aromatic rings. The van der Waals surface area contributed by atoms with Gasteiger partial charge in [-0.25, -0.2) is 14.5 Å². The summed E-state index contributed by atoms with van der Waals surface area (Å²) in [7, 11) is 1.58. The van der Waals surface area contributed by atoms with E-state index in [1.165, 1.54) is 6.20 Å². The molecular formula is C21H19N5O4. The molecule has 152 valence electrons. The molecule has 0 atom stereocenters. The molecule has 0 aliphatic heterocycles. The highest BCUT2D eigenvalue weighted by atomic mass is 16.6. The quantitative estimate of drug-likeness (QED) is 0.432. The first-order valence-corrected chi connectivity index (χ1v) is 9.32. The number of carbonyl (C=O) groups is 1. The fourth-order valence-electron chi connectivity index (χ4n) is 2.96. The van der Waals surface area contributed by atoms with Crippen molar-refractivity contribution in [3.05, 3.63) is 72.0 Å². The minimum atomic E-state index is -0.518. The van der Waals surface area contributed by atoms with Gasteiger partial charge in [-0.3, -0.25) is 0 Å². The van der Waals surface area contributed by atoms with Crippen molar-refractivity contribution >= 4 is 5.97 Å². The van der Waals surface area contributed by atoms with Crippen LogP contribution in [0.1, 0.15) is 28.9 Å². The van der Waals surface area contributed by atoms with Gasteiger partial charge >= 0.3 is 5.97 Å². The van der Waals surface area contributed by atoms with Crippen LogP contribution in [-0.2, 0) is 17.8 Å². The van der Waals surface area contributed by atoms with Gasteiger partial charge in [0.25, 0.3) is 5.89 Å². The maximum atomic E-state index is 12.6. The fraction of sp³-hybridized carbons (Fsp3) is 0.190. The summed E-state index contributed by atoms with van der Waals surface area (Å²) in [6.07, 6.45) is 3.73. The Kier molecular flexibility index (Phi) is 5.51. The molecule has 3 heterocycles. The molecule has 0 N–H and O–H groups in total. The largest absolute Gasteiger partial charge is 0.497 e. The topological polar surface area (TPSA) is 105 Å². The number of methoxy groups -OCH3 is 1. The summed E-state index contributed by atoms with van der Waals surface area (Å²) >= 11 is 0. The Bertz CT molecular complexity index is 1150. The second-order valence-corrected chi connectivity index (χ2v) is 6.28. The lowest BCUT2D eigenvalue weighted by atomic mass is 10.2. The second-order valence-electron chi connectivity index (χ2n) is 6.28. The van der Waals surface area contributed by atoms with Crippen LogP contribution in [0.3, 0.4) is 0 Å². The van der Waals surface area contributed by atoms with E-state index in [0.717, 1.165) is 5.56 Å². The number of esters is 1. The van der Waals surface area contributed by atoms with E-state index in [1.807, 2.05) is 43.3 Å². The average molecular weight is 405 g/mol. The molecule has 0 unspecified atom stereocenters. The molecule has 4 rings (SSSR count). The van der Waals surface area contributed by atoms with Crippen LogP contribution in [-0.4, -0.2) is 38.0 Å². The number of pyridine rings is 1. The third-order valence-electron chi connectivity index (χ3n) is 4.41. The molecule has 0 saturated heterocycles. The number of benzene rings is 1. The molecule has 0 saturated carbocycles. The van der Waals surface area contributed by atoms with E-state index in [4.69, 9.17) is 14.0 Å². The minimum absolute atomic E-state index is 0.145. The van der Waals surface area contributed by atoms with Crippen LogP contribution in [0.2, 0.25) is 0 Å². The minimum Gasteiger partial charge on any atom is -0.497 e. The number of hydrogen-bond donors (Lipinski definition) is 0. The fourth-order valence-corrected chi connectivity index (χ4v) is 2.96. The maximum Gasteiger partial charge on any atom is 0.342 e. The molecule has 0 aliphatic carbocycles. The standard InChI is InChI=1S/C21H19N5O4/c1-3-17-16(12-23-26(17)18-9-4-5-10-22-18)21(27)29-13-19-24-20(25-30-19)14-7-6-8-15(11-14)28-2/h4-12H,3,13H2,1-2H3. The van der Waals surface area contributed by atoms with Gasteiger partial charge in [0.2, 0.25) is 5.82 Å². The molecule has 3 aromatic heterocycles. The Labute approximate surface area is 172 Å². The third-order valence-corrected chi connectivity index (χ3v) is 4.41.